The first-order chi connectivity index (χ1) is 9.56. The van der Waals surface area contributed by atoms with Crippen LogP contribution in [-0.2, 0) is 0 Å². The third kappa shape index (κ3) is 3.57. The zero-order chi connectivity index (χ0) is 14.5. The van der Waals surface area contributed by atoms with Gasteiger partial charge in [-0.2, -0.15) is 0 Å². The molecule has 0 bridgehead atoms. The Balaban J connectivity index is 2.01. The van der Waals surface area contributed by atoms with Crippen LogP contribution in [0.1, 0.15) is 24.1 Å². The minimum absolute atomic E-state index is 0.120. The normalized spacial score (nSPS) is 11.8. The lowest BCUT2D eigenvalue weighted by Crippen LogP contribution is -2.31. The number of amides is 2. The van der Waals surface area contributed by atoms with Crippen LogP contribution in [0.15, 0.2) is 48.5 Å². The minimum Gasteiger partial charge on any atom is -0.331 e. The van der Waals surface area contributed by atoms with Crippen molar-refractivity contribution < 1.29 is 9.18 Å². The maximum atomic E-state index is 13.2. The molecule has 2 amide bonds. The van der Waals surface area contributed by atoms with E-state index in [-0.39, 0.29) is 17.9 Å². The number of halogens is 1. The van der Waals surface area contributed by atoms with Crippen LogP contribution in [0.5, 0.6) is 0 Å². The van der Waals surface area contributed by atoms with Gasteiger partial charge in [-0.1, -0.05) is 36.4 Å². The Morgan fingerprint density at radius 2 is 1.85 bits per heavy atom. The van der Waals surface area contributed by atoms with Gasteiger partial charge in [-0.15, -0.1) is 0 Å². The molecule has 3 nitrogen and oxygen atoms in total. The van der Waals surface area contributed by atoms with Crippen molar-refractivity contribution in [3.05, 3.63) is 65.5 Å². The van der Waals surface area contributed by atoms with Crippen LogP contribution in [0.3, 0.4) is 0 Å². The Morgan fingerprint density at radius 3 is 2.55 bits per heavy atom. The quantitative estimate of drug-likeness (QED) is 0.870. The van der Waals surface area contributed by atoms with Crippen molar-refractivity contribution >= 4 is 11.7 Å². The zero-order valence-electron chi connectivity index (χ0n) is 11.5. The standard InChI is InChI=1S/C16H17FN2O/c1-11-8-9-14(17)10-15(11)19-16(20)18-12(2)13-6-4-3-5-7-13/h3-10,12H,1-2H3,(H2,18,19,20)/t12-/m0/s1. The first-order valence-electron chi connectivity index (χ1n) is 6.45. The van der Waals surface area contributed by atoms with Crippen LogP contribution in [0, 0.1) is 12.7 Å². The molecular formula is C16H17FN2O. The number of carbonyl (C=O) groups excluding carboxylic acids is 1. The van der Waals surface area contributed by atoms with Crippen LogP contribution in [0.4, 0.5) is 14.9 Å². The number of anilines is 1. The number of hydrogen-bond acceptors (Lipinski definition) is 1. The maximum absolute atomic E-state index is 13.2. The van der Waals surface area contributed by atoms with Gasteiger partial charge in [0.15, 0.2) is 0 Å². The molecule has 0 aliphatic heterocycles. The minimum atomic E-state index is -0.373. The SMILES string of the molecule is Cc1ccc(F)cc1NC(=O)N[C@@H](C)c1ccccc1. The fourth-order valence-electron chi connectivity index (χ4n) is 1.91. The highest BCUT2D eigenvalue weighted by atomic mass is 19.1. The number of carbonyl (C=O) groups is 1. The maximum Gasteiger partial charge on any atom is 0.319 e. The van der Waals surface area contributed by atoms with Gasteiger partial charge < -0.3 is 10.6 Å². The molecule has 2 aromatic rings. The van der Waals surface area contributed by atoms with Crippen molar-refractivity contribution in [1.82, 2.24) is 5.32 Å². The van der Waals surface area contributed by atoms with Crippen molar-refractivity contribution in [2.75, 3.05) is 5.32 Å². The van der Waals surface area contributed by atoms with Gasteiger partial charge in [0.1, 0.15) is 5.82 Å². The van der Waals surface area contributed by atoms with E-state index >= 15 is 0 Å². The van der Waals surface area contributed by atoms with Gasteiger partial charge in [0, 0.05) is 5.69 Å². The summed E-state index contributed by atoms with van der Waals surface area (Å²) in [6.07, 6.45) is 0. The average Bonchev–Trinajstić information content (AvgIpc) is 2.43. The number of aryl methyl sites for hydroxylation is 1. The third-order valence-electron chi connectivity index (χ3n) is 3.09. The number of urea groups is 1. The molecule has 2 aromatic carbocycles. The first-order valence-corrected chi connectivity index (χ1v) is 6.45. The van der Waals surface area contributed by atoms with E-state index in [0.29, 0.717) is 5.69 Å². The van der Waals surface area contributed by atoms with Gasteiger partial charge in [0.2, 0.25) is 0 Å². The van der Waals surface area contributed by atoms with Crippen LogP contribution in [0.25, 0.3) is 0 Å². The second kappa shape index (κ2) is 6.19. The predicted molar refractivity (Wildman–Crippen MR) is 78.1 cm³/mol. The molecule has 0 aliphatic rings. The molecule has 4 heteroatoms. The zero-order valence-corrected chi connectivity index (χ0v) is 11.5. The van der Waals surface area contributed by atoms with Crippen molar-refractivity contribution in [3.63, 3.8) is 0 Å². The Hall–Kier alpha value is -2.36. The Labute approximate surface area is 117 Å². The molecule has 2 N–H and O–H groups in total. The third-order valence-corrected chi connectivity index (χ3v) is 3.09. The van der Waals surface area contributed by atoms with E-state index < -0.39 is 0 Å². The molecule has 2 rings (SSSR count). The van der Waals surface area contributed by atoms with Gasteiger partial charge in [-0.05, 0) is 37.1 Å². The summed E-state index contributed by atoms with van der Waals surface area (Å²) in [4.78, 5) is 11.9. The van der Waals surface area contributed by atoms with Gasteiger partial charge in [0.25, 0.3) is 0 Å². The average molecular weight is 272 g/mol. The Bertz CT molecular complexity index is 599. The second-order valence-corrected chi connectivity index (χ2v) is 4.69. The monoisotopic (exact) mass is 272 g/mol. The molecule has 1 atom stereocenters. The smallest absolute Gasteiger partial charge is 0.319 e. The largest absolute Gasteiger partial charge is 0.331 e. The van der Waals surface area contributed by atoms with Crippen molar-refractivity contribution in [2.45, 2.75) is 19.9 Å². The summed E-state index contributed by atoms with van der Waals surface area (Å²) in [6, 6.07) is 13.5. The van der Waals surface area contributed by atoms with Crippen molar-refractivity contribution in [1.29, 1.82) is 0 Å². The van der Waals surface area contributed by atoms with E-state index in [1.807, 2.05) is 44.2 Å². The highest BCUT2D eigenvalue weighted by molar-refractivity contribution is 5.90. The summed E-state index contributed by atoms with van der Waals surface area (Å²) < 4.78 is 13.2. The number of rotatable bonds is 3. The molecule has 0 radical (unpaired) electrons. The number of benzene rings is 2. The topological polar surface area (TPSA) is 41.1 Å². The summed E-state index contributed by atoms with van der Waals surface area (Å²) in [5.41, 5.74) is 2.30. The van der Waals surface area contributed by atoms with Crippen LogP contribution < -0.4 is 10.6 Å². The fraction of sp³-hybridized carbons (Fsp3) is 0.188. The van der Waals surface area contributed by atoms with Crippen molar-refractivity contribution in [2.24, 2.45) is 0 Å². The van der Waals surface area contributed by atoms with E-state index in [4.69, 9.17) is 0 Å². The molecule has 0 saturated heterocycles. The summed E-state index contributed by atoms with van der Waals surface area (Å²) in [6.45, 7) is 3.71. The van der Waals surface area contributed by atoms with Gasteiger partial charge in [-0.3, -0.25) is 0 Å². The van der Waals surface area contributed by atoms with Crippen LogP contribution in [0.2, 0.25) is 0 Å². The molecule has 0 saturated carbocycles. The van der Waals surface area contributed by atoms with E-state index in [1.165, 1.54) is 12.1 Å². The van der Waals surface area contributed by atoms with E-state index in [1.54, 1.807) is 6.07 Å². The van der Waals surface area contributed by atoms with E-state index in [2.05, 4.69) is 10.6 Å². The molecule has 0 aliphatic carbocycles. The lowest BCUT2D eigenvalue weighted by molar-refractivity contribution is 0.249. The van der Waals surface area contributed by atoms with Gasteiger partial charge in [-0.25, -0.2) is 9.18 Å². The number of hydrogen-bond donors (Lipinski definition) is 2. The fourth-order valence-corrected chi connectivity index (χ4v) is 1.91. The van der Waals surface area contributed by atoms with Crippen molar-refractivity contribution in [3.8, 4) is 0 Å². The second-order valence-electron chi connectivity index (χ2n) is 4.69. The molecular weight excluding hydrogens is 255 g/mol. The molecule has 0 fully saturated rings. The van der Waals surface area contributed by atoms with E-state index in [0.717, 1.165) is 11.1 Å². The summed E-state index contributed by atoms with van der Waals surface area (Å²) in [5, 5.41) is 5.48. The van der Waals surface area contributed by atoms with Crippen LogP contribution in [-0.4, -0.2) is 6.03 Å². The van der Waals surface area contributed by atoms with E-state index in [9.17, 15) is 9.18 Å². The lowest BCUT2D eigenvalue weighted by Gasteiger charge is -2.15. The summed E-state index contributed by atoms with van der Waals surface area (Å²) >= 11 is 0. The molecule has 0 heterocycles. The summed E-state index contributed by atoms with van der Waals surface area (Å²) in [7, 11) is 0. The first kappa shape index (κ1) is 14.1. The van der Waals surface area contributed by atoms with Gasteiger partial charge in [0.05, 0.1) is 6.04 Å². The molecule has 0 unspecified atom stereocenters. The summed E-state index contributed by atoms with van der Waals surface area (Å²) in [5.74, 6) is -0.373. The Kier molecular flexibility index (Phi) is 4.35. The highest BCUT2D eigenvalue weighted by Gasteiger charge is 2.10. The Morgan fingerprint density at radius 1 is 1.15 bits per heavy atom. The lowest BCUT2D eigenvalue weighted by atomic mass is 10.1. The number of nitrogens with one attached hydrogen (secondary N) is 2. The molecule has 0 aromatic heterocycles. The molecule has 0 spiro atoms. The highest BCUT2D eigenvalue weighted by Crippen LogP contribution is 2.16. The van der Waals surface area contributed by atoms with Crippen LogP contribution >= 0.6 is 0 Å². The molecule has 20 heavy (non-hydrogen) atoms. The predicted octanol–water partition coefficient (Wildman–Crippen LogP) is 4.02. The molecule has 104 valence electrons. The van der Waals surface area contributed by atoms with Gasteiger partial charge >= 0.3 is 6.03 Å².